The normalized spacial score (nSPS) is 34.7. The van der Waals surface area contributed by atoms with Gasteiger partial charge in [0.25, 0.3) is 0 Å². The first-order valence-corrected chi connectivity index (χ1v) is 9.07. The van der Waals surface area contributed by atoms with Crippen LogP contribution in [0.4, 0.5) is 0 Å². The second-order valence-corrected chi connectivity index (χ2v) is 7.44. The van der Waals surface area contributed by atoms with Crippen molar-refractivity contribution in [2.75, 3.05) is 32.8 Å². The van der Waals surface area contributed by atoms with E-state index in [0.717, 1.165) is 77.3 Å². The number of nitrogens with one attached hydrogen (secondary N) is 1. The van der Waals surface area contributed by atoms with Gasteiger partial charge in [0.05, 0.1) is 6.61 Å². The van der Waals surface area contributed by atoms with Crippen LogP contribution in [0, 0.1) is 11.8 Å². The van der Waals surface area contributed by atoms with Crippen LogP contribution in [0.2, 0.25) is 0 Å². The van der Waals surface area contributed by atoms with E-state index in [1.54, 1.807) is 0 Å². The summed E-state index contributed by atoms with van der Waals surface area (Å²) in [5.74, 6) is 1.12. The second-order valence-electron chi connectivity index (χ2n) is 7.44. The van der Waals surface area contributed by atoms with Crippen molar-refractivity contribution < 1.29 is 9.53 Å². The third-order valence-corrected chi connectivity index (χ3v) is 5.56. The van der Waals surface area contributed by atoms with E-state index in [1.807, 2.05) is 0 Å². The van der Waals surface area contributed by atoms with Crippen LogP contribution in [-0.2, 0) is 9.53 Å². The van der Waals surface area contributed by atoms with Crippen molar-refractivity contribution >= 4 is 5.91 Å². The highest BCUT2D eigenvalue weighted by Gasteiger charge is 2.29. The molecule has 3 rings (SSSR count). The zero-order valence-corrected chi connectivity index (χ0v) is 13.6. The van der Waals surface area contributed by atoms with E-state index >= 15 is 0 Å². The smallest absolute Gasteiger partial charge is 0.223 e. The van der Waals surface area contributed by atoms with Crippen molar-refractivity contribution in [2.45, 2.75) is 57.0 Å². The number of hydrogen-bond acceptors (Lipinski definition) is 4. The summed E-state index contributed by atoms with van der Waals surface area (Å²) in [5, 5.41) is 3.28. The van der Waals surface area contributed by atoms with Crippen LogP contribution >= 0.6 is 0 Å². The van der Waals surface area contributed by atoms with Gasteiger partial charge in [0, 0.05) is 44.2 Å². The van der Waals surface area contributed by atoms with E-state index in [1.165, 1.54) is 6.42 Å². The molecule has 0 radical (unpaired) electrons. The van der Waals surface area contributed by atoms with Crippen molar-refractivity contribution in [3.63, 3.8) is 0 Å². The SMILES string of the molecule is NC1CCCC(C(=O)NC2CCN(CC3CCOC3)CC2)C1. The zero-order chi connectivity index (χ0) is 15.4. The number of hydrogen-bond donors (Lipinski definition) is 2. The van der Waals surface area contributed by atoms with Crippen molar-refractivity contribution in [3.8, 4) is 0 Å². The molecule has 126 valence electrons. The van der Waals surface area contributed by atoms with Crippen molar-refractivity contribution in [1.29, 1.82) is 0 Å². The molecule has 5 nitrogen and oxygen atoms in total. The van der Waals surface area contributed by atoms with E-state index < -0.39 is 0 Å². The van der Waals surface area contributed by atoms with Gasteiger partial charge in [0.2, 0.25) is 5.91 Å². The maximum Gasteiger partial charge on any atom is 0.223 e. The molecule has 0 bridgehead atoms. The van der Waals surface area contributed by atoms with E-state index in [2.05, 4.69) is 10.2 Å². The van der Waals surface area contributed by atoms with Gasteiger partial charge in [-0.15, -0.1) is 0 Å². The lowest BCUT2D eigenvalue weighted by molar-refractivity contribution is -0.127. The number of carbonyl (C=O) groups excluding carboxylic acids is 1. The molecule has 0 aromatic heterocycles. The predicted octanol–water partition coefficient (Wildman–Crippen LogP) is 1.12. The Morgan fingerprint density at radius 2 is 2.00 bits per heavy atom. The van der Waals surface area contributed by atoms with Crippen LogP contribution in [0.25, 0.3) is 0 Å². The molecule has 5 heteroatoms. The Morgan fingerprint density at radius 3 is 2.68 bits per heavy atom. The number of amides is 1. The fourth-order valence-electron chi connectivity index (χ4n) is 4.14. The number of likely N-dealkylation sites (tertiary alicyclic amines) is 1. The van der Waals surface area contributed by atoms with Crippen molar-refractivity contribution in [2.24, 2.45) is 17.6 Å². The highest BCUT2D eigenvalue weighted by molar-refractivity contribution is 5.79. The summed E-state index contributed by atoms with van der Waals surface area (Å²) in [4.78, 5) is 14.9. The molecule has 1 saturated carbocycles. The third kappa shape index (κ3) is 4.43. The molecular formula is C17H31N3O2. The Balaban J connectivity index is 1.37. The average Bonchev–Trinajstić information content (AvgIpc) is 3.02. The highest BCUT2D eigenvalue weighted by Crippen LogP contribution is 2.24. The minimum Gasteiger partial charge on any atom is -0.381 e. The maximum absolute atomic E-state index is 12.4. The van der Waals surface area contributed by atoms with Gasteiger partial charge in [0.1, 0.15) is 0 Å². The Bertz CT molecular complexity index is 363. The number of rotatable bonds is 4. The number of ether oxygens (including phenoxy) is 1. The fraction of sp³-hybridized carbons (Fsp3) is 0.941. The van der Waals surface area contributed by atoms with Crippen LogP contribution in [0.1, 0.15) is 44.9 Å². The first kappa shape index (κ1) is 16.2. The zero-order valence-electron chi connectivity index (χ0n) is 13.6. The van der Waals surface area contributed by atoms with E-state index in [4.69, 9.17) is 10.5 Å². The molecule has 1 amide bonds. The molecule has 3 N–H and O–H groups in total. The number of piperidine rings is 1. The summed E-state index contributed by atoms with van der Waals surface area (Å²) in [6.45, 7) is 5.23. The summed E-state index contributed by atoms with van der Waals surface area (Å²) in [6.07, 6.45) is 7.43. The molecule has 3 atom stereocenters. The fourth-order valence-corrected chi connectivity index (χ4v) is 4.14. The topological polar surface area (TPSA) is 67.6 Å². The second kappa shape index (κ2) is 7.75. The Labute approximate surface area is 133 Å². The van der Waals surface area contributed by atoms with Gasteiger partial charge in [-0.25, -0.2) is 0 Å². The van der Waals surface area contributed by atoms with Gasteiger partial charge < -0.3 is 20.7 Å². The lowest BCUT2D eigenvalue weighted by Crippen LogP contribution is -2.48. The number of carbonyl (C=O) groups is 1. The van der Waals surface area contributed by atoms with Gasteiger partial charge in [-0.2, -0.15) is 0 Å². The molecule has 3 unspecified atom stereocenters. The third-order valence-electron chi connectivity index (χ3n) is 5.56. The number of nitrogens with two attached hydrogens (primary N) is 1. The standard InChI is InChI=1S/C17H31N3O2/c18-15-3-1-2-14(10-15)17(21)19-16-4-7-20(8-5-16)11-13-6-9-22-12-13/h13-16H,1-12,18H2,(H,19,21). The van der Waals surface area contributed by atoms with Gasteiger partial charge in [-0.1, -0.05) is 6.42 Å². The Kier molecular flexibility index (Phi) is 5.71. The van der Waals surface area contributed by atoms with Crippen molar-refractivity contribution in [3.05, 3.63) is 0 Å². The molecule has 22 heavy (non-hydrogen) atoms. The van der Waals surface area contributed by atoms with Crippen molar-refractivity contribution in [1.82, 2.24) is 10.2 Å². The first-order valence-electron chi connectivity index (χ1n) is 9.07. The minimum atomic E-state index is 0.150. The molecule has 0 spiro atoms. The predicted molar refractivity (Wildman–Crippen MR) is 86.5 cm³/mol. The molecule has 1 aliphatic carbocycles. The van der Waals surface area contributed by atoms with Crippen LogP contribution in [0.5, 0.6) is 0 Å². The quantitative estimate of drug-likeness (QED) is 0.817. The maximum atomic E-state index is 12.4. The molecule has 0 aromatic carbocycles. The Hall–Kier alpha value is -0.650. The monoisotopic (exact) mass is 309 g/mol. The largest absolute Gasteiger partial charge is 0.381 e. The summed E-state index contributed by atoms with van der Waals surface area (Å²) < 4.78 is 5.45. The van der Waals surface area contributed by atoms with Crippen LogP contribution in [0.3, 0.4) is 0 Å². The summed E-state index contributed by atoms with van der Waals surface area (Å²) in [7, 11) is 0. The molecule has 2 saturated heterocycles. The Morgan fingerprint density at radius 1 is 1.18 bits per heavy atom. The summed E-state index contributed by atoms with van der Waals surface area (Å²) in [5.41, 5.74) is 6.00. The van der Waals surface area contributed by atoms with Gasteiger partial charge in [-0.05, 0) is 44.4 Å². The lowest BCUT2D eigenvalue weighted by atomic mass is 9.85. The van der Waals surface area contributed by atoms with Gasteiger partial charge >= 0.3 is 0 Å². The molecule has 2 aliphatic heterocycles. The van der Waals surface area contributed by atoms with Crippen LogP contribution in [-0.4, -0.2) is 55.7 Å². The molecule has 3 aliphatic rings. The van der Waals surface area contributed by atoms with E-state index in [-0.39, 0.29) is 17.9 Å². The summed E-state index contributed by atoms with van der Waals surface area (Å²) in [6, 6.07) is 0.585. The van der Waals surface area contributed by atoms with Crippen LogP contribution in [0.15, 0.2) is 0 Å². The molecule has 2 heterocycles. The van der Waals surface area contributed by atoms with Gasteiger partial charge in [-0.3, -0.25) is 4.79 Å². The van der Waals surface area contributed by atoms with E-state index in [0.29, 0.717) is 6.04 Å². The highest BCUT2D eigenvalue weighted by atomic mass is 16.5. The first-order chi connectivity index (χ1) is 10.7. The minimum absolute atomic E-state index is 0.150. The van der Waals surface area contributed by atoms with E-state index in [9.17, 15) is 4.79 Å². The number of nitrogens with zero attached hydrogens (tertiary/aromatic N) is 1. The molecular weight excluding hydrogens is 278 g/mol. The summed E-state index contributed by atoms with van der Waals surface area (Å²) >= 11 is 0. The molecule has 0 aromatic rings. The van der Waals surface area contributed by atoms with Gasteiger partial charge in [0.15, 0.2) is 0 Å². The average molecular weight is 309 g/mol. The van der Waals surface area contributed by atoms with Crippen LogP contribution < -0.4 is 11.1 Å². The molecule has 3 fully saturated rings. The lowest BCUT2D eigenvalue weighted by Gasteiger charge is -2.35.